The van der Waals surface area contributed by atoms with E-state index in [2.05, 4.69) is 91.2 Å². The lowest BCUT2D eigenvalue weighted by Gasteiger charge is -2.34. The van der Waals surface area contributed by atoms with Crippen LogP contribution in [-0.4, -0.2) is 5.78 Å². The van der Waals surface area contributed by atoms with Crippen molar-refractivity contribution >= 4 is 38.7 Å². The van der Waals surface area contributed by atoms with Crippen LogP contribution in [0, 0.1) is 5.41 Å². The first-order chi connectivity index (χ1) is 15.5. The summed E-state index contributed by atoms with van der Waals surface area (Å²) in [6.45, 7) is 4.37. The van der Waals surface area contributed by atoms with Gasteiger partial charge in [-0.1, -0.05) is 74.5 Å². The van der Waals surface area contributed by atoms with E-state index in [4.69, 9.17) is 0 Å². The third-order valence-electron chi connectivity index (χ3n) is 6.82. The number of ketones is 1. The van der Waals surface area contributed by atoms with E-state index in [0.29, 0.717) is 6.42 Å². The Hall–Kier alpha value is -3.59. The number of fused-ring (bicyclic) bond motifs is 3. The van der Waals surface area contributed by atoms with E-state index >= 15 is 0 Å². The molecule has 2 aliphatic rings. The van der Waals surface area contributed by atoms with Crippen molar-refractivity contribution in [2.24, 2.45) is 5.41 Å². The Kier molecular flexibility index (Phi) is 4.16. The monoisotopic (exact) mass is 418 g/mol. The molecule has 0 bridgehead atoms. The third-order valence-corrected chi connectivity index (χ3v) is 6.82. The molecule has 1 unspecified atom stereocenters. The smallest absolute Gasteiger partial charge is 0.163 e. The topological polar surface area (TPSA) is 41.1 Å². The second-order valence-electron chi connectivity index (χ2n) is 9.81. The summed E-state index contributed by atoms with van der Waals surface area (Å²) in [5.74, 6) is 0.228. The summed E-state index contributed by atoms with van der Waals surface area (Å²) in [5, 5.41) is 12.2. The second-order valence-corrected chi connectivity index (χ2v) is 9.81. The molecule has 1 heterocycles. The summed E-state index contributed by atoms with van der Waals surface area (Å²) in [7, 11) is 0. The van der Waals surface area contributed by atoms with Crippen LogP contribution in [0.4, 0.5) is 11.4 Å². The minimum atomic E-state index is -0.222. The molecule has 6 rings (SSSR count). The van der Waals surface area contributed by atoms with Gasteiger partial charge in [-0.3, -0.25) is 4.79 Å². The van der Waals surface area contributed by atoms with Crippen molar-refractivity contribution in [3.63, 3.8) is 0 Å². The molecule has 0 saturated heterocycles. The summed E-state index contributed by atoms with van der Waals surface area (Å²) < 4.78 is 0. The molecule has 0 radical (unpaired) electrons. The number of nitrogens with one attached hydrogen (secondary N) is 2. The average Bonchev–Trinajstić information content (AvgIpc) is 2.93. The largest absolute Gasteiger partial charge is 0.372 e. The number of benzene rings is 4. The van der Waals surface area contributed by atoms with Gasteiger partial charge in [0.2, 0.25) is 0 Å². The van der Waals surface area contributed by atoms with Gasteiger partial charge >= 0.3 is 0 Å². The number of hydrogen-bond donors (Lipinski definition) is 2. The number of allylic oxidation sites excluding steroid dienone is 1. The molecule has 2 N–H and O–H groups in total. The quantitative estimate of drug-likeness (QED) is 0.321. The number of Topliss-reactive ketones (excluding diaryl/α,β-unsaturated/α-hetero) is 1. The molecule has 0 spiro atoms. The molecule has 158 valence electrons. The van der Waals surface area contributed by atoms with E-state index < -0.39 is 0 Å². The average molecular weight is 419 g/mol. The van der Waals surface area contributed by atoms with Gasteiger partial charge in [0, 0.05) is 17.7 Å². The van der Waals surface area contributed by atoms with Gasteiger partial charge in [0.15, 0.2) is 5.78 Å². The Bertz CT molecular complexity index is 1380. The zero-order valence-electron chi connectivity index (χ0n) is 18.4. The lowest BCUT2D eigenvalue weighted by Crippen LogP contribution is -2.31. The SMILES string of the molecule is CC1(C)CC(=O)C2=C(C1)Nc1ccccc1NC2c1c2ccccc2cc2ccccc12. The van der Waals surface area contributed by atoms with Crippen LogP contribution in [0.1, 0.15) is 38.3 Å². The maximum atomic E-state index is 13.7. The third kappa shape index (κ3) is 3.00. The van der Waals surface area contributed by atoms with Crippen LogP contribution in [0.5, 0.6) is 0 Å². The van der Waals surface area contributed by atoms with Crippen LogP contribution in [0.3, 0.4) is 0 Å². The molecule has 3 heteroatoms. The Morgan fingerprint density at radius 3 is 2.06 bits per heavy atom. The number of carbonyl (C=O) groups excluding carboxylic acids is 1. The molecule has 0 fully saturated rings. The number of hydrogen-bond acceptors (Lipinski definition) is 3. The second kappa shape index (κ2) is 6.96. The van der Waals surface area contributed by atoms with E-state index in [1.54, 1.807) is 0 Å². The van der Waals surface area contributed by atoms with Crippen LogP contribution in [0.15, 0.2) is 90.1 Å². The Labute approximate surface area is 188 Å². The predicted molar refractivity (Wildman–Crippen MR) is 133 cm³/mol. The normalized spacial score (nSPS) is 19.7. The molecule has 0 saturated carbocycles. The van der Waals surface area contributed by atoms with E-state index in [1.807, 2.05) is 12.1 Å². The van der Waals surface area contributed by atoms with Gasteiger partial charge < -0.3 is 10.6 Å². The fourth-order valence-corrected chi connectivity index (χ4v) is 5.47. The zero-order chi connectivity index (χ0) is 21.9. The first-order valence-corrected chi connectivity index (χ1v) is 11.3. The summed E-state index contributed by atoms with van der Waals surface area (Å²) in [6, 6.07) is 27.3. The number of anilines is 2. The van der Waals surface area contributed by atoms with E-state index in [0.717, 1.165) is 29.1 Å². The van der Waals surface area contributed by atoms with Gasteiger partial charge in [-0.25, -0.2) is 0 Å². The molecule has 3 nitrogen and oxygen atoms in total. The number of carbonyl (C=O) groups is 1. The fraction of sp³-hybridized carbons (Fsp3) is 0.207. The molecule has 1 aliphatic carbocycles. The Morgan fingerprint density at radius 1 is 0.781 bits per heavy atom. The molecule has 32 heavy (non-hydrogen) atoms. The van der Waals surface area contributed by atoms with Crippen LogP contribution < -0.4 is 10.6 Å². The highest BCUT2D eigenvalue weighted by Crippen LogP contribution is 2.47. The first kappa shape index (κ1) is 19.1. The van der Waals surface area contributed by atoms with Crippen molar-refractivity contribution < 1.29 is 4.79 Å². The lowest BCUT2D eigenvalue weighted by atomic mass is 9.73. The van der Waals surface area contributed by atoms with E-state index in [9.17, 15) is 4.79 Å². The van der Waals surface area contributed by atoms with Crippen molar-refractivity contribution in [2.75, 3.05) is 10.6 Å². The molecule has 4 aromatic carbocycles. The molecule has 0 amide bonds. The first-order valence-electron chi connectivity index (χ1n) is 11.3. The van der Waals surface area contributed by atoms with E-state index in [1.165, 1.54) is 27.1 Å². The molecule has 0 aromatic heterocycles. The van der Waals surface area contributed by atoms with Crippen molar-refractivity contribution in [1.82, 2.24) is 0 Å². The summed E-state index contributed by atoms with van der Waals surface area (Å²) in [4.78, 5) is 13.7. The minimum absolute atomic E-state index is 0.0619. The summed E-state index contributed by atoms with van der Waals surface area (Å²) in [6.07, 6.45) is 1.41. The van der Waals surface area contributed by atoms with Gasteiger partial charge in [0.25, 0.3) is 0 Å². The molecule has 1 atom stereocenters. The van der Waals surface area contributed by atoms with Gasteiger partial charge in [-0.2, -0.15) is 0 Å². The zero-order valence-corrected chi connectivity index (χ0v) is 18.4. The van der Waals surface area contributed by atoms with Crippen molar-refractivity contribution in [2.45, 2.75) is 32.7 Å². The van der Waals surface area contributed by atoms with Crippen molar-refractivity contribution in [3.8, 4) is 0 Å². The van der Waals surface area contributed by atoms with Gasteiger partial charge in [0.05, 0.1) is 17.4 Å². The van der Waals surface area contributed by atoms with Gasteiger partial charge in [-0.05, 0) is 57.1 Å². The van der Waals surface area contributed by atoms with Crippen LogP contribution >= 0.6 is 0 Å². The molecular weight excluding hydrogens is 392 g/mol. The Balaban J connectivity index is 1.70. The number of rotatable bonds is 1. The molecule has 1 aliphatic heterocycles. The highest BCUT2D eigenvalue weighted by Gasteiger charge is 2.39. The van der Waals surface area contributed by atoms with E-state index in [-0.39, 0.29) is 17.2 Å². The maximum Gasteiger partial charge on any atom is 0.163 e. The molecule has 4 aromatic rings. The Morgan fingerprint density at radius 2 is 1.38 bits per heavy atom. The van der Waals surface area contributed by atoms with Crippen LogP contribution in [-0.2, 0) is 4.79 Å². The summed E-state index contributed by atoms with van der Waals surface area (Å²) in [5.41, 5.74) is 5.09. The predicted octanol–water partition coefficient (Wildman–Crippen LogP) is 7.21. The molecular formula is C29H26N2O. The highest BCUT2D eigenvalue weighted by molar-refractivity contribution is 6.07. The maximum absolute atomic E-state index is 13.7. The standard InChI is InChI=1S/C29H26N2O/c1-29(2)16-24-27(25(32)17-29)28(31-23-14-8-7-13-22(23)30-24)26-20-11-5-3-9-18(20)15-19-10-4-6-12-21(19)26/h3-15,28,30-31H,16-17H2,1-2H3. The van der Waals surface area contributed by atoms with Crippen LogP contribution in [0.2, 0.25) is 0 Å². The van der Waals surface area contributed by atoms with Gasteiger partial charge in [0.1, 0.15) is 0 Å². The lowest BCUT2D eigenvalue weighted by molar-refractivity contribution is -0.118. The van der Waals surface area contributed by atoms with Crippen LogP contribution in [0.25, 0.3) is 21.5 Å². The van der Waals surface area contributed by atoms with Gasteiger partial charge in [-0.15, -0.1) is 0 Å². The highest BCUT2D eigenvalue weighted by atomic mass is 16.1. The van der Waals surface area contributed by atoms with Crippen molar-refractivity contribution in [1.29, 1.82) is 0 Å². The minimum Gasteiger partial charge on any atom is -0.372 e. The summed E-state index contributed by atoms with van der Waals surface area (Å²) >= 11 is 0. The fourth-order valence-electron chi connectivity index (χ4n) is 5.47. The van der Waals surface area contributed by atoms with Crippen molar-refractivity contribution in [3.05, 3.63) is 95.7 Å². The number of para-hydroxylation sites is 2.